The molecule has 0 aliphatic heterocycles. The number of hydrogen-bond donors (Lipinski definition) is 1. The Morgan fingerprint density at radius 3 is 2.61 bits per heavy atom. The van der Waals surface area contributed by atoms with Crippen molar-refractivity contribution in [1.82, 2.24) is 9.97 Å². The molecule has 0 aromatic carbocycles. The lowest BCUT2D eigenvalue weighted by molar-refractivity contribution is 1.16. The van der Waals surface area contributed by atoms with Crippen molar-refractivity contribution in [3.8, 4) is 0 Å². The lowest BCUT2D eigenvalue weighted by Gasteiger charge is -2.17. The molecule has 3 rings (SSSR count). The molecule has 0 radical (unpaired) electrons. The summed E-state index contributed by atoms with van der Waals surface area (Å²) >= 11 is 9.96. The van der Waals surface area contributed by atoms with Gasteiger partial charge >= 0.3 is 0 Å². The zero-order valence-corrected chi connectivity index (χ0v) is 14.1. The van der Waals surface area contributed by atoms with E-state index in [9.17, 15) is 0 Å². The first kappa shape index (κ1) is 12.7. The normalized spacial score (nSPS) is 16.5. The molecular weight excluding hydrogens is 328 g/mol. The van der Waals surface area contributed by atoms with Gasteiger partial charge in [-0.05, 0) is 40.3 Å². The number of aromatic amines is 1. The molecule has 1 N–H and O–H groups in total. The van der Waals surface area contributed by atoms with Gasteiger partial charge in [0.05, 0.1) is 17.6 Å². The van der Waals surface area contributed by atoms with E-state index in [1.54, 1.807) is 6.20 Å². The van der Waals surface area contributed by atoms with Crippen LogP contribution in [0.3, 0.4) is 0 Å². The van der Waals surface area contributed by atoms with Gasteiger partial charge in [-0.2, -0.15) is 0 Å². The molecule has 0 saturated heterocycles. The number of halogens is 2. The second-order valence-corrected chi connectivity index (χ2v) is 12.3. The minimum absolute atomic E-state index is 0.689. The van der Waals surface area contributed by atoms with Crippen molar-refractivity contribution in [2.45, 2.75) is 38.4 Å². The molecule has 5 heteroatoms. The molecule has 2 aromatic heterocycles. The lowest BCUT2D eigenvalue weighted by Crippen LogP contribution is -2.40. The quantitative estimate of drug-likeness (QED) is 0.804. The van der Waals surface area contributed by atoms with Crippen molar-refractivity contribution in [2.75, 3.05) is 0 Å². The first-order valence-electron chi connectivity index (χ1n) is 6.25. The molecule has 2 heterocycles. The van der Waals surface area contributed by atoms with E-state index < -0.39 is 8.07 Å². The van der Waals surface area contributed by atoms with Crippen molar-refractivity contribution in [1.29, 1.82) is 0 Å². The van der Waals surface area contributed by atoms with E-state index in [0.29, 0.717) is 5.92 Å². The van der Waals surface area contributed by atoms with E-state index in [-0.39, 0.29) is 0 Å². The summed E-state index contributed by atoms with van der Waals surface area (Å²) < 4.78 is 0.889. The Balaban J connectivity index is 2.38. The highest BCUT2D eigenvalue weighted by molar-refractivity contribution is 9.10. The van der Waals surface area contributed by atoms with Crippen LogP contribution in [0.1, 0.15) is 24.3 Å². The fourth-order valence-corrected chi connectivity index (χ4v) is 4.66. The van der Waals surface area contributed by atoms with Crippen molar-refractivity contribution in [3.05, 3.63) is 21.3 Å². The molecule has 1 aliphatic rings. The third-order valence-corrected chi connectivity index (χ3v) is 6.61. The number of H-pyrrole nitrogens is 1. The number of aromatic nitrogens is 2. The van der Waals surface area contributed by atoms with E-state index in [1.807, 2.05) is 0 Å². The molecule has 1 aliphatic carbocycles. The van der Waals surface area contributed by atoms with E-state index in [4.69, 9.17) is 11.6 Å². The number of nitrogens with zero attached hydrogens (tertiary/aromatic N) is 1. The summed E-state index contributed by atoms with van der Waals surface area (Å²) in [5.74, 6) is 0.689. The smallest absolute Gasteiger partial charge is 0.138 e. The molecule has 1 saturated carbocycles. The van der Waals surface area contributed by atoms with Crippen LogP contribution in [0.25, 0.3) is 11.0 Å². The molecule has 0 spiro atoms. The number of rotatable bonds is 2. The van der Waals surface area contributed by atoms with Crippen molar-refractivity contribution < 1.29 is 0 Å². The zero-order chi connectivity index (χ0) is 13.1. The molecule has 96 valence electrons. The first-order chi connectivity index (χ1) is 8.39. The monoisotopic (exact) mass is 342 g/mol. The average Bonchev–Trinajstić information content (AvgIpc) is 3.03. The minimum Gasteiger partial charge on any atom is -0.347 e. The van der Waals surface area contributed by atoms with Crippen LogP contribution in [0.4, 0.5) is 0 Å². The maximum absolute atomic E-state index is 6.48. The molecule has 18 heavy (non-hydrogen) atoms. The highest BCUT2D eigenvalue weighted by Gasteiger charge is 2.35. The molecule has 2 nitrogen and oxygen atoms in total. The second kappa shape index (κ2) is 4.08. The van der Waals surface area contributed by atoms with Gasteiger partial charge in [-0.25, -0.2) is 4.98 Å². The SMILES string of the molecule is C[Si](C)(C)c1[nH]c2ncc(Br)c(Cl)c2c1C1CC1. The van der Waals surface area contributed by atoms with Gasteiger partial charge in [-0.3, -0.25) is 0 Å². The minimum atomic E-state index is -1.39. The number of hydrogen-bond acceptors (Lipinski definition) is 1. The highest BCUT2D eigenvalue weighted by atomic mass is 79.9. The maximum atomic E-state index is 6.48. The maximum Gasteiger partial charge on any atom is 0.138 e. The van der Waals surface area contributed by atoms with Gasteiger partial charge < -0.3 is 4.98 Å². The van der Waals surface area contributed by atoms with E-state index in [0.717, 1.165) is 20.5 Å². The Morgan fingerprint density at radius 1 is 1.39 bits per heavy atom. The fourth-order valence-electron chi connectivity index (χ4n) is 2.49. The van der Waals surface area contributed by atoms with Crippen LogP contribution in [0, 0.1) is 0 Å². The van der Waals surface area contributed by atoms with Gasteiger partial charge in [-0.1, -0.05) is 31.2 Å². The zero-order valence-electron chi connectivity index (χ0n) is 10.8. The standard InChI is InChI=1S/C13H16BrClN2Si/c1-18(2,3)13-9(7-4-5-7)10-11(15)8(14)6-16-12(10)17-13/h6-7H,4-5H2,1-3H3,(H,16,17). The molecule has 1 fully saturated rings. The summed E-state index contributed by atoms with van der Waals surface area (Å²) in [4.78, 5) is 8.02. The first-order valence-corrected chi connectivity index (χ1v) is 10.9. The predicted molar refractivity (Wildman–Crippen MR) is 83.8 cm³/mol. The van der Waals surface area contributed by atoms with Gasteiger partial charge in [0.25, 0.3) is 0 Å². The Labute approximate surface area is 121 Å². The van der Waals surface area contributed by atoms with Gasteiger partial charge in [-0.15, -0.1) is 0 Å². The summed E-state index contributed by atoms with van der Waals surface area (Å²) in [6.07, 6.45) is 4.35. The average molecular weight is 344 g/mol. The van der Waals surface area contributed by atoms with Crippen LogP contribution in [-0.4, -0.2) is 18.0 Å². The van der Waals surface area contributed by atoms with Gasteiger partial charge in [0.15, 0.2) is 0 Å². The molecular formula is C13H16BrClN2Si. The highest BCUT2D eigenvalue weighted by Crippen LogP contribution is 2.45. The van der Waals surface area contributed by atoms with Crippen molar-refractivity contribution in [3.63, 3.8) is 0 Å². The summed E-state index contributed by atoms with van der Waals surface area (Å²) in [5.41, 5.74) is 2.39. The van der Waals surface area contributed by atoms with Gasteiger partial charge in [0.2, 0.25) is 0 Å². The van der Waals surface area contributed by atoms with Crippen molar-refractivity contribution in [2.24, 2.45) is 0 Å². The summed E-state index contributed by atoms with van der Waals surface area (Å²) in [6.45, 7) is 7.10. The Kier molecular flexibility index (Phi) is 2.88. The van der Waals surface area contributed by atoms with Crippen LogP contribution in [0.5, 0.6) is 0 Å². The predicted octanol–water partition coefficient (Wildman–Crippen LogP) is 4.40. The van der Waals surface area contributed by atoms with Crippen LogP contribution in [0.15, 0.2) is 10.7 Å². The third-order valence-electron chi connectivity index (χ3n) is 3.49. The molecule has 0 unspecified atom stereocenters. The van der Waals surface area contributed by atoms with Crippen LogP contribution in [-0.2, 0) is 0 Å². The number of nitrogens with one attached hydrogen (secondary N) is 1. The molecule has 0 bridgehead atoms. The Morgan fingerprint density at radius 2 is 2.06 bits per heavy atom. The largest absolute Gasteiger partial charge is 0.347 e. The summed E-state index contributed by atoms with van der Waals surface area (Å²) in [6, 6.07) is 0. The Hall–Kier alpha value is -0.323. The molecule has 0 atom stereocenters. The topological polar surface area (TPSA) is 28.7 Å². The van der Waals surface area contributed by atoms with Crippen molar-refractivity contribution >= 4 is 52.0 Å². The lowest BCUT2D eigenvalue weighted by atomic mass is 10.1. The van der Waals surface area contributed by atoms with Crippen LogP contribution in [0.2, 0.25) is 24.7 Å². The van der Waals surface area contributed by atoms with Crippen LogP contribution >= 0.6 is 27.5 Å². The van der Waals surface area contributed by atoms with Gasteiger partial charge in [0, 0.05) is 16.9 Å². The third kappa shape index (κ3) is 1.94. The second-order valence-electron chi connectivity index (χ2n) is 6.08. The summed E-state index contributed by atoms with van der Waals surface area (Å²) in [7, 11) is -1.39. The van der Waals surface area contributed by atoms with Gasteiger partial charge in [0.1, 0.15) is 5.65 Å². The van der Waals surface area contributed by atoms with E-state index in [2.05, 4.69) is 45.5 Å². The van der Waals surface area contributed by atoms with E-state index in [1.165, 1.54) is 23.7 Å². The fraction of sp³-hybridized carbons (Fsp3) is 0.462. The number of fused-ring (bicyclic) bond motifs is 1. The van der Waals surface area contributed by atoms with Crippen LogP contribution < -0.4 is 5.32 Å². The Bertz CT molecular complexity index is 626. The summed E-state index contributed by atoms with van der Waals surface area (Å²) in [5, 5.41) is 3.38. The van der Waals surface area contributed by atoms with E-state index >= 15 is 0 Å². The number of pyridine rings is 1. The molecule has 0 amide bonds. The molecule has 2 aromatic rings.